The molecule has 0 radical (unpaired) electrons. The molecule has 2 saturated heterocycles. The number of piperidine rings is 1. The Hall–Kier alpha value is -1.44. The van der Waals surface area contributed by atoms with Crippen LogP contribution in [-0.4, -0.2) is 60.6 Å². The topological polar surface area (TPSA) is 60.9 Å². The number of rotatable bonds is 4. The van der Waals surface area contributed by atoms with Crippen molar-refractivity contribution in [3.63, 3.8) is 0 Å². The molecule has 2 aliphatic rings. The van der Waals surface area contributed by atoms with Crippen molar-refractivity contribution in [1.29, 1.82) is 0 Å². The highest BCUT2D eigenvalue weighted by Crippen LogP contribution is 2.21. The van der Waals surface area contributed by atoms with Gasteiger partial charge in [-0.1, -0.05) is 36.8 Å². The van der Waals surface area contributed by atoms with Gasteiger partial charge >= 0.3 is 0 Å². The van der Waals surface area contributed by atoms with E-state index in [1.807, 2.05) is 36.1 Å². The quantitative estimate of drug-likeness (QED) is 0.804. The lowest BCUT2D eigenvalue weighted by Gasteiger charge is -2.36. The lowest BCUT2D eigenvalue weighted by atomic mass is 10.0. The van der Waals surface area contributed by atoms with E-state index in [1.54, 1.807) is 0 Å². The third-order valence-electron chi connectivity index (χ3n) is 5.23. The number of hydrogen-bond acceptors (Lipinski definition) is 3. The van der Waals surface area contributed by atoms with Crippen molar-refractivity contribution >= 4 is 16.1 Å². The summed E-state index contributed by atoms with van der Waals surface area (Å²) in [5, 5.41) is 0. The van der Waals surface area contributed by atoms with Crippen molar-refractivity contribution in [1.82, 2.24) is 13.5 Å². The smallest absolute Gasteiger partial charge is 0.282 e. The van der Waals surface area contributed by atoms with E-state index in [9.17, 15) is 13.2 Å². The van der Waals surface area contributed by atoms with E-state index < -0.39 is 10.2 Å². The standard InChI is InChI=1S/C19H29N3O3S/c1-16-6-3-8-18(12-16)14-21-10-5-11-22(26(21,24)25)15-19(23)20-9-4-7-17(2)13-20/h3,6,8,12,17H,4-5,7,9-11,13-15H2,1-2H3. The highest BCUT2D eigenvalue weighted by Gasteiger charge is 2.36. The molecule has 2 fully saturated rings. The van der Waals surface area contributed by atoms with Crippen molar-refractivity contribution < 1.29 is 13.2 Å². The normalized spacial score (nSPS) is 24.5. The number of hydrogen-bond donors (Lipinski definition) is 0. The van der Waals surface area contributed by atoms with Crippen LogP contribution in [0.4, 0.5) is 0 Å². The highest BCUT2D eigenvalue weighted by molar-refractivity contribution is 7.86. The van der Waals surface area contributed by atoms with Gasteiger partial charge in [-0.25, -0.2) is 0 Å². The van der Waals surface area contributed by atoms with Gasteiger partial charge in [0, 0.05) is 32.7 Å². The monoisotopic (exact) mass is 379 g/mol. The number of carbonyl (C=O) groups excluding carboxylic acids is 1. The van der Waals surface area contributed by atoms with E-state index in [0.29, 0.717) is 25.6 Å². The molecule has 6 nitrogen and oxygen atoms in total. The average molecular weight is 380 g/mol. The summed E-state index contributed by atoms with van der Waals surface area (Å²) in [6, 6.07) is 7.90. The minimum Gasteiger partial charge on any atom is -0.341 e. The molecule has 1 aromatic rings. The molecule has 0 N–H and O–H groups in total. The molecule has 26 heavy (non-hydrogen) atoms. The molecule has 2 aliphatic heterocycles. The van der Waals surface area contributed by atoms with E-state index in [1.165, 1.54) is 8.61 Å². The van der Waals surface area contributed by atoms with Crippen LogP contribution in [0.2, 0.25) is 0 Å². The Morgan fingerprint density at radius 2 is 1.92 bits per heavy atom. The van der Waals surface area contributed by atoms with Crippen LogP contribution in [0, 0.1) is 12.8 Å². The van der Waals surface area contributed by atoms with Gasteiger partial charge in [0.15, 0.2) is 0 Å². The highest BCUT2D eigenvalue weighted by atomic mass is 32.2. The van der Waals surface area contributed by atoms with Gasteiger partial charge in [0.2, 0.25) is 5.91 Å². The van der Waals surface area contributed by atoms with Gasteiger partial charge in [-0.05, 0) is 37.7 Å². The van der Waals surface area contributed by atoms with Crippen LogP contribution in [0.15, 0.2) is 24.3 Å². The van der Waals surface area contributed by atoms with Crippen LogP contribution in [0.25, 0.3) is 0 Å². The molecule has 0 saturated carbocycles. The van der Waals surface area contributed by atoms with Crippen molar-refractivity contribution in [3.8, 4) is 0 Å². The third kappa shape index (κ3) is 4.45. The van der Waals surface area contributed by atoms with Crippen LogP contribution in [0.1, 0.15) is 37.3 Å². The van der Waals surface area contributed by atoms with Crippen molar-refractivity contribution in [2.24, 2.45) is 5.92 Å². The van der Waals surface area contributed by atoms with E-state index in [2.05, 4.69) is 6.92 Å². The number of likely N-dealkylation sites (tertiary alicyclic amines) is 1. The second-order valence-electron chi connectivity index (χ2n) is 7.60. The molecule has 0 aliphatic carbocycles. The van der Waals surface area contributed by atoms with Crippen LogP contribution >= 0.6 is 0 Å². The van der Waals surface area contributed by atoms with E-state index in [4.69, 9.17) is 0 Å². The lowest BCUT2D eigenvalue weighted by molar-refractivity contribution is -0.133. The maximum absolute atomic E-state index is 13.0. The maximum atomic E-state index is 13.0. The summed E-state index contributed by atoms with van der Waals surface area (Å²) in [6.45, 7) is 6.85. The van der Waals surface area contributed by atoms with Gasteiger partial charge in [-0.3, -0.25) is 4.79 Å². The van der Waals surface area contributed by atoms with Crippen LogP contribution in [-0.2, 0) is 21.5 Å². The molecular formula is C19H29N3O3S. The Kier molecular flexibility index (Phi) is 5.99. The third-order valence-corrected chi connectivity index (χ3v) is 7.16. The predicted molar refractivity (Wildman–Crippen MR) is 102 cm³/mol. The fraction of sp³-hybridized carbons (Fsp3) is 0.632. The first-order chi connectivity index (χ1) is 12.4. The van der Waals surface area contributed by atoms with Crippen LogP contribution in [0.5, 0.6) is 0 Å². The Balaban J connectivity index is 1.67. The zero-order chi connectivity index (χ0) is 18.7. The molecule has 1 atom stereocenters. The SMILES string of the molecule is Cc1cccc(CN2CCCN(CC(=O)N3CCCC(C)C3)S2(=O)=O)c1. The van der Waals surface area contributed by atoms with Gasteiger partial charge in [-0.2, -0.15) is 17.0 Å². The fourth-order valence-electron chi connectivity index (χ4n) is 3.82. The molecular weight excluding hydrogens is 350 g/mol. The maximum Gasteiger partial charge on any atom is 0.282 e. The number of nitrogens with zero attached hydrogens (tertiary/aromatic N) is 3. The molecule has 1 aromatic carbocycles. The molecule has 0 bridgehead atoms. The predicted octanol–water partition coefficient (Wildman–Crippen LogP) is 2.01. The van der Waals surface area contributed by atoms with Gasteiger partial charge in [0.05, 0.1) is 6.54 Å². The van der Waals surface area contributed by atoms with E-state index in [-0.39, 0.29) is 12.5 Å². The van der Waals surface area contributed by atoms with Gasteiger partial charge < -0.3 is 4.90 Å². The number of carbonyl (C=O) groups is 1. The van der Waals surface area contributed by atoms with Crippen LogP contribution < -0.4 is 0 Å². The average Bonchev–Trinajstić information content (AvgIpc) is 2.58. The second kappa shape index (κ2) is 8.06. The number of benzene rings is 1. The minimum absolute atomic E-state index is 0.0423. The van der Waals surface area contributed by atoms with Crippen molar-refractivity contribution in [2.45, 2.75) is 39.7 Å². The van der Waals surface area contributed by atoms with E-state index in [0.717, 1.165) is 43.5 Å². The summed E-state index contributed by atoms with van der Waals surface area (Å²) in [4.78, 5) is 14.4. The molecule has 3 rings (SSSR count). The van der Waals surface area contributed by atoms with Gasteiger partial charge in [-0.15, -0.1) is 0 Å². The molecule has 1 unspecified atom stereocenters. The Morgan fingerprint density at radius 1 is 1.15 bits per heavy atom. The molecule has 0 aromatic heterocycles. The molecule has 1 amide bonds. The largest absolute Gasteiger partial charge is 0.341 e. The summed E-state index contributed by atoms with van der Waals surface area (Å²) in [5.41, 5.74) is 2.09. The molecule has 144 valence electrons. The zero-order valence-electron chi connectivity index (χ0n) is 15.7. The summed E-state index contributed by atoms with van der Waals surface area (Å²) in [7, 11) is -3.60. The first-order valence-electron chi connectivity index (χ1n) is 9.45. The van der Waals surface area contributed by atoms with Crippen LogP contribution in [0.3, 0.4) is 0 Å². The Morgan fingerprint density at radius 3 is 2.65 bits per heavy atom. The second-order valence-corrected chi connectivity index (χ2v) is 9.53. The lowest BCUT2D eigenvalue weighted by Crippen LogP contribution is -2.53. The molecule has 7 heteroatoms. The fourth-order valence-corrected chi connectivity index (χ4v) is 5.45. The van der Waals surface area contributed by atoms with Crippen molar-refractivity contribution in [2.75, 3.05) is 32.7 Å². The minimum atomic E-state index is -3.60. The first kappa shape index (κ1) is 19.3. The Labute approximate surface area is 157 Å². The van der Waals surface area contributed by atoms with Gasteiger partial charge in [0.1, 0.15) is 0 Å². The Bertz CT molecular complexity index is 750. The number of aryl methyl sites for hydroxylation is 1. The summed E-state index contributed by atoms with van der Waals surface area (Å²) >= 11 is 0. The summed E-state index contributed by atoms with van der Waals surface area (Å²) < 4.78 is 28.8. The van der Waals surface area contributed by atoms with E-state index >= 15 is 0 Å². The summed E-state index contributed by atoms with van der Waals surface area (Å²) in [5.74, 6) is 0.418. The van der Waals surface area contributed by atoms with Crippen molar-refractivity contribution in [3.05, 3.63) is 35.4 Å². The van der Waals surface area contributed by atoms with Gasteiger partial charge in [0.25, 0.3) is 10.2 Å². The summed E-state index contributed by atoms with van der Waals surface area (Å²) in [6.07, 6.45) is 2.88. The first-order valence-corrected chi connectivity index (χ1v) is 10.8. The number of amides is 1. The molecule has 2 heterocycles. The molecule has 0 spiro atoms. The zero-order valence-corrected chi connectivity index (χ0v) is 16.5.